The average Bonchev–Trinajstić information content (AvgIpc) is 2.95. The Kier molecular flexibility index (Phi) is 5.26. The van der Waals surface area contributed by atoms with Crippen molar-refractivity contribution in [1.29, 1.82) is 0 Å². The molecule has 3 nitrogen and oxygen atoms in total. The van der Waals surface area contributed by atoms with E-state index in [1.54, 1.807) is 11.3 Å². The molecule has 1 fully saturated rings. The van der Waals surface area contributed by atoms with Crippen LogP contribution in [0.5, 0.6) is 0 Å². The molecule has 1 aliphatic carbocycles. The van der Waals surface area contributed by atoms with Gasteiger partial charge in [-0.1, -0.05) is 44.0 Å². The second-order valence-electron chi connectivity index (χ2n) is 6.78. The van der Waals surface area contributed by atoms with Gasteiger partial charge in [0.1, 0.15) is 0 Å². The molecule has 1 aromatic carbocycles. The molecule has 5 heteroatoms. The molecule has 0 saturated heterocycles. The van der Waals surface area contributed by atoms with E-state index in [1.165, 1.54) is 0 Å². The zero-order chi connectivity index (χ0) is 17.2. The Morgan fingerprint density at radius 3 is 2.79 bits per heavy atom. The molecule has 0 unspecified atom stereocenters. The summed E-state index contributed by atoms with van der Waals surface area (Å²) in [6.07, 6.45) is 3.66. The van der Waals surface area contributed by atoms with Crippen LogP contribution in [0, 0.1) is 0 Å². The summed E-state index contributed by atoms with van der Waals surface area (Å²) in [5, 5.41) is 7.06. The fraction of sp³-hybridized carbons (Fsp3) is 0.474. The Labute approximate surface area is 152 Å². The highest BCUT2D eigenvalue weighted by Crippen LogP contribution is 2.44. The van der Waals surface area contributed by atoms with E-state index >= 15 is 0 Å². The lowest BCUT2D eigenvalue weighted by Crippen LogP contribution is -2.49. The van der Waals surface area contributed by atoms with Crippen molar-refractivity contribution >= 4 is 28.8 Å². The quantitative estimate of drug-likeness (QED) is 0.809. The van der Waals surface area contributed by atoms with Crippen LogP contribution in [0.15, 0.2) is 29.6 Å². The lowest BCUT2D eigenvalue weighted by Gasteiger charge is -2.40. The van der Waals surface area contributed by atoms with Gasteiger partial charge in [-0.05, 0) is 30.5 Å². The molecule has 128 valence electrons. The molecular formula is C19H23ClN2OS. The van der Waals surface area contributed by atoms with E-state index in [4.69, 9.17) is 11.6 Å². The number of nitrogens with zero attached hydrogens (tertiary/aromatic N) is 1. The lowest BCUT2D eigenvalue weighted by atomic mass is 9.64. The Balaban J connectivity index is 1.61. The first-order valence-corrected chi connectivity index (χ1v) is 9.76. The Bertz CT molecular complexity index is 722. The number of carbonyl (C=O) groups excluding carboxylic acids is 1. The zero-order valence-electron chi connectivity index (χ0n) is 14.1. The third kappa shape index (κ3) is 3.50. The first kappa shape index (κ1) is 17.4. The molecule has 1 N–H and O–H groups in total. The van der Waals surface area contributed by atoms with Crippen LogP contribution in [0.2, 0.25) is 5.02 Å². The monoisotopic (exact) mass is 362 g/mol. The predicted octanol–water partition coefficient (Wildman–Crippen LogP) is 4.70. The van der Waals surface area contributed by atoms with Crippen molar-refractivity contribution in [2.45, 2.75) is 50.9 Å². The third-order valence-corrected chi connectivity index (χ3v) is 6.18. The van der Waals surface area contributed by atoms with Crippen LogP contribution in [0.1, 0.15) is 55.3 Å². The van der Waals surface area contributed by atoms with Crippen LogP contribution in [-0.4, -0.2) is 17.4 Å². The standard InChI is InChI=1S/C19H23ClN2OS/c1-13(2)17-22-16(12-24-17)7-10-21-18(23)19(8-4-9-19)14-5-3-6-15(20)11-14/h3,5-6,11-13H,4,7-10H2,1-2H3,(H,21,23). The van der Waals surface area contributed by atoms with Gasteiger partial charge in [0.15, 0.2) is 0 Å². The van der Waals surface area contributed by atoms with Gasteiger partial charge in [0.2, 0.25) is 5.91 Å². The summed E-state index contributed by atoms with van der Waals surface area (Å²) in [5.41, 5.74) is 1.71. The summed E-state index contributed by atoms with van der Waals surface area (Å²) in [6, 6.07) is 7.72. The van der Waals surface area contributed by atoms with Gasteiger partial charge in [-0.25, -0.2) is 4.98 Å². The van der Waals surface area contributed by atoms with Crippen LogP contribution >= 0.6 is 22.9 Å². The molecule has 2 aromatic rings. The maximum Gasteiger partial charge on any atom is 0.230 e. The predicted molar refractivity (Wildman–Crippen MR) is 99.9 cm³/mol. The number of rotatable bonds is 6. The van der Waals surface area contributed by atoms with Crippen molar-refractivity contribution in [2.75, 3.05) is 6.54 Å². The van der Waals surface area contributed by atoms with Crippen molar-refractivity contribution in [3.8, 4) is 0 Å². The molecule has 1 aliphatic rings. The van der Waals surface area contributed by atoms with Crippen LogP contribution in [-0.2, 0) is 16.6 Å². The summed E-state index contributed by atoms with van der Waals surface area (Å²) in [6.45, 7) is 4.92. The first-order valence-electron chi connectivity index (χ1n) is 8.50. The number of aromatic nitrogens is 1. The molecule has 0 atom stereocenters. The largest absolute Gasteiger partial charge is 0.355 e. The molecule has 0 radical (unpaired) electrons. The summed E-state index contributed by atoms with van der Waals surface area (Å²) in [7, 11) is 0. The van der Waals surface area contributed by atoms with Gasteiger partial charge in [-0.2, -0.15) is 0 Å². The number of nitrogens with one attached hydrogen (secondary N) is 1. The number of hydrogen-bond acceptors (Lipinski definition) is 3. The minimum atomic E-state index is -0.393. The summed E-state index contributed by atoms with van der Waals surface area (Å²) in [5.74, 6) is 0.578. The maximum atomic E-state index is 12.8. The number of thiazole rings is 1. The highest BCUT2D eigenvalue weighted by Gasteiger charge is 2.45. The fourth-order valence-electron chi connectivity index (χ4n) is 3.14. The normalized spacial score (nSPS) is 16.0. The molecule has 0 spiro atoms. The SMILES string of the molecule is CC(C)c1nc(CCNC(=O)C2(c3cccc(Cl)c3)CCC2)cs1. The van der Waals surface area contributed by atoms with E-state index in [-0.39, 0.29) is 5.91 Å². The molecule has 1 amide bonds. The van der Waals surface area contributed by atoms with Gasteiger partial charge in [0.05, 0.1) is 16.1 Å². The Hall–Kier alpha value is -1.39. The van der Waals surface area contributed by atoms with Gasteiger partial charge in [-0.3, -0.25) is 4.79 Å². The second kappa shape index (κ2) is 7.24. The van der Waals surface area contributed by atoms with E-state index < -0.39 is 5.41 Å². The molecule has 0 aliphatic heterocycles. The van der Waals surface area contributed by atoms with Gasteiger partial charge < -0.3 is 5.32 Å². The topological polar surface area (TPSA) is 42.0 Å². The van der Waals surface area contributed by atoms with Crippen molar-refractivity contribution < 1.29 is 4.79 Å². The molecule has 1 heterocycles. The summed E-state index contributed by atoms with van der Waals surface area (Å²) < 4.78 is 0. The smallest absolute Gasteiger partial charge is 0.230 e. The zero-order valence-corrected chi connectivity index (χ0v) is 15.7. The van der Waals surface area contributed by atoms with Gasteiger partial charge in [-0.15, -0.1) is 11.3 Å². The van der Waals surface area contributed by atoms with Crippen LogP contribution in [0.4, 0.5) is 0 Å². The van der Waals surface area contributed by atoms with E-state index in [9.17, 15) is 4.79 Å². The van der Waals surface area contributed by atoms with Crippen molar-refractivity contribution in [3.63, 3.8) is 0 Å². The maximum absolute atomic E-state index is 12.8. The Morgan fingerprint density at radius 2 is 2.21 bits per heavy atom. The number of amides is 1. The van der Waals surface area contributed by atoms with Crippen molar-refractivity contribution in [3.05, 3.63) is 50.9 Å². The first-order chi connectivity index (χ1) is 11.5. The molecule has 1 aromatic heterocycles. The van der Waals surface area contributed by atoms with Gasteiger partial charge in [0.25, 0.3) is 0 Å². The molecule has 3 rings (SSSR count). The van der Waals surface area contributed by atoms with E-state index in [0.717, 1.165) is 41.9 Å². The van der Waals surface area contributed by atoms with Crippen LogP contribution in [0.25, 0.3) is 0 Å². The average molecular weight is 363 g/mol. The number of hydrogen-bond donors (Lipinski definition) is 1. The molecule has 24 heavy (non-hydrogen) atoms. The van der Waals surface area contributed by atoms with Crippen molar-refractivity contribution in [1.82, 2.24) is 10.3 Å². The molecule has 1 saturated carbocycles. The molecule has 0 bridgehead atoms. The molecular weight excluding hydrogens is 340 g/mol. The van der Waals surface area contributed by atoms with E-state index in [2.05, 4.69) is 29.5 Å². The second-order valence-corrected chi connectivity index (χ2v) is 8.11. The van der Waals surface area contributed by atoms with Gasteiger partial charge in [0, 0.05) is 29.3 Å². The number of halogens is 1. The van der Waals surface area contributed by atoms with Crippen LogP contribution in [0.3, 0.4) is 0 Å². The third-order valence-electron chi connectivity index (χ3n) is 4.75. The number of benzene rings is 1. The Morgan fingerprint density at radius 1 is 1.42 bits per heavy atom. The van der Waals surface area contributed by atoms with E-state index in [1.807, 2.05) is 24.3 Å². The van der Waals surface area contributed by atoms with Crippen LogP contribution < -0.4 is 5.32 Å². The number of carbonyl (C=O) groups is 1. The minimum Gasteiger partial charge on any atom is -0.355 e. The lowest BCUT2D eigenvalue weighted by molar-refractivity contribution is -0.129. The van der Waals surface area contributed by atoms with Gasteiger partial charge >= 0.3 is 0 Å². The van der Waals surface area contributed by atoms with E-state index in [0.29, 0.717) is 17.5 Å². The minimum absolute atomic E-state index is 0.121. The summed E-state index contributed by atoms with van der Waals surface area (Å²) >= 11 is 7.81. The fourth-order valence-corrected chi connectivity index (χ4v) is 4.20. The highest BCUT2D eigenvalue weighted by molar-refractivity contribution is 7.09. The van der Waals surface area contributed by atoms with Crippen molar-refractivity contribution in [2.24, 2.45) is 0 Å². The highest BCUT2D eigenvalue weighted by atomic mass is 35.5. The summed E-state index contributed by atoms with van der Waals surface area (Å²) in [4.78, 5) is 17.4.